The first-order chi connectivity index (χ1) is 7.15. The quantitative estimate of drug-likeness (QED) is 0.575. The molecule has 15 heavy (non-hydrogen) atoms. The average Bonchev–Trinajstić information content (AvgIpc) is 2.66. The molecule has 0 aliphatic carbocycles. The first kappa shape index (κ1) is 11.3. The van der Waals surface area contributed by atoms with Crippen LogP contribution in [0.4, 0.5) is 0 Å². The monoisotopic (exact) mass is 214 g/mol. The zero-order valence-corrected chi connectivity index (χ0v) is 8.06. The maximum absolute atomic E-state index is 11.2. The second kappa shape index (κ2) is 5.16. The molecule has 0 unspecified atom stereocenters. The van der Waals surface area contributed by atoms with Crippen LogP contribution in [0, 0.1) is 0 Å². The Labute approximate surface area is 85.4 Å². The first-order valence-electron chi connectivity index (χ1n) is 4.14. The lowest BCUT2D eigenvalue weighted by Crippen LogP contribution is -2.09. The molecular formula is C9H10O6. The highest BCUT2D eigenvalue weighted by molar-refractivity contribution is 5.89. The van der Waals surface area contributed by atoms with Gasteiger partial charge in [-0.3, -0.25) is 0 Å². The van der Waals surface area contributed by atoms with Gasteiger partial charge in [-0.25, -0.2) is 9.59 Å². The Hall–Kier alpha value is -1.82. The number of carbonyl (C=O) groups excluding carboxylic acids is 1. The number of furan rings is 1. The summed E-state index contributed by atoms with van der Waals surface area (Å²) in [7, 11) is 1.48. The van der Waals surface area contributed by atoms with Crippen molar-refractivity contribution in [2.24, 2.45) is 0 Å². The van der Waals surface area contributed by atoms with E-state index in [2.05, 4.69) is 4.74 Å². The fourth-order valence-electron chi connectivity index (χ4n) is 0.851. The molecule has 1 aromatic heterocycles. The van der Waals surface area contributed by atoms with Gasteiger partial charge < -0.3 is 19.0 Å². The van der Waals surface area contributed by atoms with Crippen LogP contribution in [-0.2, 0) is 9.47 Å². The van der Waals surface area contributed by atoms with Gasteiger partial charge in [0.15, 0.2) is 0 Å². The van der Waals surface area contributed by atoms with Crippen LogP contribution in [0.1, 0.15) is 21.1 Å². The highest BCUT2D eigenvalue weighted by Gasteiger charge is 2.15. The van der Waals surface area contributed by atoms with Gasteiger partial charge >= 0.3 is 11.9 Å². The molecule has 0 aliphatic rings. The average molecular weight is 214 g/mol. The summed E-state index contributed by atoms with van der Waals surface area (Å²) in [6.45, 7) is 0.372. The summed E-state index contributed by atoms with van der Waals surface area (Å²) in [5.41, 5.74) is 0. The lowest BCUT2D eigenvalue weighted by Gasteiger charge is -2.00. The Balaban J connectivity index is 2.54. The molecule has 1 heterocycles. The molecule has 6 heteroatoms. The van der Waals surface area contributed by atoms with Crippen molar-refractivity contribution in [3.63, 3.8) is 0 Å². The minimum absolute atomic E-state index is 0.0957. The zero-order chi connectivity index (χ0) is 11.3. The lowest BCUT2D eigenvalue weighted by molar-refractivity contribution is 0.0351. The van der Waals surface area contributed by atoms with Crippen LogP contribution in [0.25, 0.3) is 0 Å². The van der Waals surface area contributed by atoms with E-state index in [1.165, 1.54) is 19.2 Å². The van der Waals surface area contributed by atoms with Crippen LogP contribution in [0.3, 0.4) is 0 Å². The Bertz CT molecular complexity index is 353. The molecule has 0 saturated carbocycles. The van der Waals surface area contributed by atoms with Gasteiger partial charge in [-0.15, -0.1) is 0 Å². The Kier molecular flexibility index (Phi) is 3.87. The largest absolute Gasteiger partial charge is 0.475 e. The summed E-state index contributed by atoms with van der Waals surface area (Å²) < 4.78 is 14.1. The molecule has 6 nitrogen and oxygen atoms in total. The molecule has 0 spiro atoms. The number of carboxylic acids is 1. The summed E-state index contributed by atoms with van der Waals surface area (Å²) in [5.74, 6) is -2.37. The molecule has 1 aromatic rings. The maximum Gasteiger partial charge on any atom is 0.374 e. The van der Waals surface area contributed by atoms with Crippen molar-refractivity contribution in [3.05, 3.63) is 23.7 Å². The highest BCUT2D eigenvalue weighted by Crippen LogP contribution is 2.08. The molecule has 82 valence electrons. The van der Waals surface area contributed by atoms with Crippen LogP contribution in [0.2, 0.25) is 0 Å². The number of aromatic carboxylic acids is 1. The number of hydrogen-bond donors (Lipinski definition) is 1. The predicted molar refractivity (Wildman–Crippen MR) is 47.8 cm³/mol. The topological polar surface area (TPSA) is 86.0 Å². The van der Waals surface area contributed by atoms with Gasteiger partial charge in [0.1, 0.15) is 6.61 Å². The molecule has 1 N–H and O–H groups in total. The van der Waals surface area contributed by atoms with Crippen molar-refractivity contribution in [1.82, 2.24) is 0 Å². The maximum atomic E-state index is 11.2. The molecule has 1 rings (SSSR count). The van der Waals surface area contributed by atoms with Crippen molar-refractivity contribution >= 4 is 11.9 Å². The smallest absolute Gasteiger partial charge is 0.374 e. The fraction of sp³-hybridized carbons (Fsp3) is 0.333. The number of carbonyl (C=O) groups is 2. The lowest BCUT2D eigenvalue weighted by atomic mass is 10.4. The zero-order valence-electron chi connectivity index (χ0n) is 8.06. The first-order valence-corrected chi connectivity index (χ1v) is 4.14. The standard InChI is InChI=1S/C9H10O6/c1-13-4-5-14-9(12)7-3-2-6(15-7)8(10)11/h2-3H,4-5H2,1H3,(H,10,11). The summed E-state index contributed by atoms with van der Waals surface area (Å²) in [6, 6.07) is 2.44. The molecule has 0 bridgehead atoms. The minimum Gasteiger partial charge on any atom is -0.475 e. The van der Waals surface area contributed by atoms with Gasteiger partial charge in [0, 0.05) is 7.11 Å². The van der Waals surface area contributed by atoms with Crippen LogP contribution >= 0.6 is 0 Å². The molecule has 0 aliphatic heterocycles. The van der Waals surface area contributed by atoms with Gasteiger partial charge in [0.05, 0.1) is 6.61 Å². The third kappa shape index (κ3) is 3.10. The van der Waals surface area contributed by atoms with Crippen molar-refractivity contribution in [3.8, 4) is 0 Å². The van der Waals surface area contributed by atoms with Gasteiger partial charge in [0.25, 0.3) is 0 Å². The molecule has 0 saturated heterocycles. The molecule has 0 amide bonds. The van der Waals surface area contributed by atoms with E-state index in [9.17, 15) is 9.59 Å². The second-order valence-electron chi connectivity index (χ2n) is 2.60. The minimum atomic E-state index is -1.23. The number of carboxylic acid groups (broad SMARTS) is 1. The normalized spacial score (nSPS) is 9.93. The third-order valence-electron chi connectivity index (χ3n) is 1.54. The predicted octanol–water partition coefficient (Wildman–Crippen LogP) is 0.781. The van der Waals surface area contributed by atoms with E-state index in [1.807, 2.05) is 0 Å². The van der Waals surface area contributed by atoms with Crippen molar-refractivity contribution in [2.45, 2.75) is 0 Å². The highest BCUT2D eigenvalue weighted by atomic mass is 16.6. The van der Waals surface area contributed by atoms with E-state index < -0.39 is 11.9 Å². The molecule has 0 atom stereocenters. The summed E-state index contributed by atoms with van der Waals surface area (Å²) in [6.07, 6.45) is 0. The Morgan fingerprint density at radius 1 is 1.33 bits per heavy atom. The van der Waals surface area contributed by atoms with Gasteiger partial charge in [-0.2, -0.15) is 0 Å². The second-order valence-corrected chi connectivity index (χ2v) is 2.60. The summed E-state index contributed by atoms with van der Waals surface area (Å²) in [5, 5.41) is 8.53. The number of esters is 1. The van der Waals surface area contributed by atoms with Crippen LogP contribution in [0.15, 0.2) is 16.5 Å². The van der Waals surface area contributed by atoms with E-state index >= 15 is 0 Å². The van der Waals surface area contributed by atoms with Crippen LogP contribution < -0.4 is 0 Å². The summed E-state index contributed by atoms with van der Waals surface area (Å²) >= 11 is 0. The van der Waals surface area contributed by atoms with E-state index in [0.29, 0.717) is 0 Å². The number of ether oxygens (including phenoxy) is 2. The van der Waals surface area contributed by atoms with Crippen molar-refractivity contribution < 1.29 is 28.6 Å². The van der Waals surface area contributed by atoms with Gasteiger partial charge in [-0.05, 0) is 12.1 Å². The SMILES string of the molecule is COCCOC(=O)c1ccc(C(=O)O)o1. The van der Waals surface area contributed by atoms with Gasteiger partial charge in [0.2, 0.25) is 11.5 Å². The van der Waals surface area contributed by atoms with Gasteiger partial charge in [-0.1, -0.05) is 0 Å². The number of hydrogen-bond acceptors (Lipinski definition) is 5. The van der Waals surface area contributed by atoms with Crippen molar-refractivity contribution in [1.29, 1.82) is 0 Å². The third-order valence-corrected chi connectivity index (χ3v) is 1.54. The van der Waals surface area contributed by atoms with E-state index in [4.69, 9.17) is 14.3 Å². The Morgan fingerprint density at radius 2 is 2.00 bits per heavy atom. The molecular weight excluding hydrogens is 204 g/mol. The Morgan fingerprint density at radius 3 is 2.53 bits per heavy atom. The van der Waals surface area contributed by atoms with E-state index in [0.717, 1.165) is 0 Å². The molecule has 0 fully saturated rings. The number of methoxy groups -OCH3 is 1. The summed E-state index contributed by atoms with van der Waals surface area (Å²) in [4.78, 5) is 21.6. The molecule has 0 aromatic carbocycles. The van der Waals surface area contributed by atoms with E-state index in [1.54, 1.807) is 0 Å². The van der Waals surface area contributed by atoms with E-state index in [-0.39, 0.29) is 24.7 Å². The number of rotatable bonds is 5. The van der Waals surface area contributed by atoms with Crippen LogP contribution in [-0.4, -0.2) is 37.4 Å². The fourth-order valence-corrected chi connectivity index (χ4v) is 0.851. The van der Waals surface area contributed by atoms with Crippen LogP contribution in [0.5, 0.6) is 0 Å². The van der Waals surface area contributed by atoms with Crippen molar-refractivity contribution in [2.75, 3.05) is 20.3 Å². The molecule has 0 radical (unpaired) electrons.